The van der Waals surface area contributed by atoms with Crippen molar-refractivity contribution in [3.63, 3.8) is 0 Å². The van der Waals surface area contributed by atoms with E-state index in [-0.39, 0.29) is 24.4 Å². The number of hydrogen-bond donors (Lipinski definition) is 3. The fourth-order valence-electron chi connectivity index (χ4n) is 6.06. The summed E-state index contributed by atoms with van der Waals surface area (Å²) >= 11 is 0. The predicted octanol–water partition coefficient (Wildman–Crippen LogP) is 6.54. The molecular formula is C37H50N6O6. The number of nitrogens with two attached hydrogens (primary N) is 2. The summed E-state index contributed by atoms with van der Waals surface area (Å²) in [5.41, 5.74) is 7.87. The molecule has 49 heavy (non-hydrogen) atoms. The van der Waals surface area contributed by atoms with Gasteiger partial charge in [-0.05, 0) is 94.5 Å². The van der Waals surface area contributed by atoms with Crippen LogP contribution in [-0.2, 0) is 20.8 Å². The zero-order chi connectivity index (χ0) is 35.3. The molecule has 1 aliphatic carbocycles. The maximum Gasteiger partial charge on any atom is 0.510 e. The number of benzene rings is 2. The topological polar surface area (TPSA) is 165 Å². The van der Waals surface area contributed by atoms with Gasteiger partial charge in [-0.15, -0.1) is 0 Å². The lowest BCUT2D eigenvalue weighted by atomic mass is 9.96. The molecule has 3 aromatic rings. The highest BCUT2D eigenvalue weighted by atomic mass is 16.8. The number of amidine groups is 1. The van der Waals surface area contributed by atoms with E-state index in [1.54, 1.807) is 6.92 Å². The molecule has 1 heterocycles. The van der Waals surface area contributed by atoms with E-state index in [4.69, 9.17) is 35.6 Å². The second-order valence-corrected chi connectivity index (χ2v) is 12.1. The molecule has 0 saturated heterocycles. The van der Waals surface area contributed by atoms with Crippen molar-refractivity contribution in [3.05, 3.63) is 76.9 Å². The van der Waals surface area contributed by atoms with E-state index in [1.165, 1.54) is 0 Å². The molecule has 1 aliphatic rings. The smallest absolute Gasteiger partial charge is 0.465 e. The third-order valence-electron chi connectivity index (χ3n) is 8.61. The number of nitrogens with zero attached hydrogens (tertiary/aromatic N) is 3. The summed E-state index contributed by atoms with van der Waals surface area (Å²) in [5, 5.41) is 3.80. The first kappa shape index (κ1) is 37.1. The lowest BCUT2D eigenvalue weighted by Gasteiger charge is -2.22. The highest BCUT2D eigenvalue weighted by Crippen LogP contribution is 2.30. The summed E-state index contributed by atoms with van der Waals surface area (Å²) in [7, 11) is 0. The number of aromatic nitrogens is 2. The molecule has 0 spiro atoms. The Labute approximate surface area is 288 Å². The minimum Gasteiger partial charge on any atom is -0.465 e. The number of hydrazone groups is 1. The van der Waals surface area contributed by atoms with Crippen molar-refractivity contribution >= 4 is 34.4 Å². The van der Waals surface area contributed by atoms with Crippen LogP contribution in [0.2, 0.25) is 0 Å². The van der Waals surface area contributed by atoms with Crippen LogP contribution < -0.4 is 21.8 Å². The summed E-state index contributed by atoms with van der Waals surface area (Å²) in [6.45, 7) is 10.1. The van der Waals surface area contributed by atoms with Crippen molar-refractivity contribution in [3.8, 4) is 6.01 Å². The van der Waals surface area contributed by atoms with Crippen molar-refractivity contribution in [1.29, 1.82) is 0 Å². The zero-order valence-electron chi connectivity index (χ0n) is 29.2. The maximum atomic E-state index is 13.7. The Balaban J connectivity index is 1.56. The number of carbonyl (C=O) groups excluding carboxylic acids is 2. The van der Waals surface area contributed by atoms with Crippen LogP contribution in [0.1, 0.15) is 93.3 Å². The lowest BCUT2D eigenvalue weighted by Crippen LogP contribution is -2.32. The van der Waals surface area contributed by atoms with Gasteiger partial charge in [-0.1, -0.05) is 55.8 Å². The monoisotopic (exact) mass is 674 g/mol. The van der Waals surface area contributed by atoms with Crippen LogP contribution in [0.5, 0.6) is 6.01 Å². The van der Waals surface area contributed by atoms with Crippen molar-refractivity contribution < 1.29 is 28.5 Å². The zero-order valence-corrected chi connectivity index (χ0v) is 29.2. The highest BCUT2D eigenvalue weighted by molar-refractivity contribution is 6.07. The largest absolute Gasteiger partial charge is 0.510 e. The van der Waals surface area contributed by atoms with E-state index in [0.29, 0.717) is 41.6 Å². The summed E-state index contributed by atoms with van der Waals surface area (Å²) < 4.78 is 24.4. The van der Waals surface area contributed by atoms with E-state index < -0.39 is 12.4 Å². The molecular weight excluding hydrogens is 624 g/mol. The van der Waals surface area contributed by atoms with Gasteiger partial charge in [0.15, 0.2) is 11.6 Å². The number of rotatable bonds is 15. The third-order valence-corrected chi connectivity index (χ3v) is 8.61. The number of allylic oxidation sites excluding steroid dienone is 4. The van der Waals surface area contributed by atoms with E-state index >= 15 is 0 Å². The number of aryl methyl sites for hydroxylation is 1. The summed E-state index contributed by atoms with van der Waals surface area (Å²) in [6.07, 6.45) is 10.0. The first-order chi connectivity index (χ1) is 23.7. The standard InChI is InChI=1S/C37H50N6O6/c1-6-26(18-19-27(7-2)29-16-12-13-17-30(29)35(41-38)42-39)22-43-34-31(20-24(4)21-32(34)40-36(43)46-8-3)33(44)23-47-25(5)48-37(45)49-28-14-10-9-11-15-28/h7,12-13,16-21,25-26,28H,6,8-11,14-15,22-23,38-39H2,1-5H3,(H,41,42)/b19-18-,27-7+. The number of fused-ring (bicyclic) bond motifs is 1. The number of hydrazine groups is 1. The first-order valence-electron chi connectivity index (χ1n) is 17.1. The number of hydrogen-bond acceptors (Lipinski definition) is 10. The average molecular weight is 675 g/mol. The van der Waals surface area contributed by atoms with Crippen LogP contribution in [0.3, 0.4) is 0 Å². The van der Waals surface area contributed by atoms with Gasteiger partial charge in [-0.3, -0.25) is 9.36 Å². The van der Waals surface area contributed by atoms with Gasteiger partial charge in [-0.25, -0.2) is 10.6 Å². The molecule has 1 fully saturated rings. The molecule has 5 N–H and O–H groups in total. The van der Waals surface area contributed by atoms with Gasteiger partial charge in [0, 0.05) is 17.7 Å². The maximum absolute atomic E-state index is 13.7. The number of Topliss-reactive ketones (excluding diaryl/α,β-unsaturated/α-hetero) is 1. The van der Waals surface area contributed by atoms with Crippen LogP contribution in [-0.4, -0.2) is 52.9 Å². The van der Waals surface area contributed by atoms with E-state index in [9.17, 15) is 9.59 Å². The van der Waals surface area contributed by atoms with Gasteiger partial charge < -0.3 is 30.2 Å². The molecule has 2 aromatic carbocycles. The van der Waals surface area contributed by atoms with Crippen molar-refractivity contribution in [2.45, 2.75) is 92.1 Å². The minimum absolute atomic E-state index is 0.0538. The number of ether oxygens (including phenoxy) is 4. The Bertz CT molecular complexity index is 1670. The molecule has 12 nitrogen and oxygen atoms in total. The van der Waals surface area contributed by atoms with E-state index in [2.05, 4.69) is 29.6 Å². The molecule has 1 saturated carbocycles. The molecule has 12 heteroatoms. The van der Waals surface area contributed by atoms with Gasteiger partial charge >= 0.3 is 6.16 Å². The summed E-state index contributed by atoms with van der Waals surface area (Å²) in [5.74, 6) is 11.4. The molecule has 0 radical (unpaired) electrons. The van der Waals surface area contributed by atoms with Crippen LogP contribution in [0.25, 0.3) is 16.6 Å². The van der Waals surface area contributed by atoms with Crippen LogP contribution in [0.15, 0.2) is 59.7 Å². The summed E-state index contributed by atoms with van der Waals surface area (Å²) in [6, 6.07) is 11.9. The fourth-order valence-corrected chi connectivity index (χ4v) is 6.06. The highest BCUT2D eigenvalue weighted by Gasteiger charge is 2.24. The van der Waals surface area contributed by atoms with E-state index in [0.717, 1.165) is 60.8 Å². The SMILES string of the molecule is C/C=C(\C=C/C(CC)Cn1c(OCC)nc2cc(C)cc(C(=O)COC(C)OC(=O)OC3CCCCC3)c21)c1ccccc1/C(=N/N)NN. The predicted molar refractivity (Wildman–Crippen MR) is 191 cm³/mol. The van der Waals surface area contributed by atoms with Gasteiger partial charge in [0.2, 0.25) is 6.29 Å². The van der Waals surface area contributed by atoms with Gasteiger partial charge in [0.05, 0.1) is 17.6 Å². The van der Waals surface area contributed by atoms with Crippen LogP contribution >= 0.6 is 0 Å². The normalized spacial score (nSPS) is 15.7. The van der Waals surface area contributed by atoms with Gasteiger partial charge in [0.25, 0.3) is 6.01 Å². The molecule has 2 atom stereocenters. The Morgan fingerprint density at radius 3 is 2.51 bits per heavy atom. The lowest BCUT2D eigenvalue weighted by molar-refractivity contribution is -0.112. The first-order valence-corrected chi connectivity index (χ1v) is 17.1. The van der Waals surface area contributed by atoms with Crippen molar-refractivity contribution in [2.24, 2.45) is 22.7 Å². The van der Waals surface area contributed by atoms with Gasteiger partial charge in [0.1, 0.15) is 12.7 Å². The summed E-state index contributed by atoms with van der Waals surface area (Å²) in [4.78, 5) is 30.8. The number of imidazole rings is 1. The Hall–Kier alpha value is -4.68. The average Bonchev–Trinajstić information content (AvgIpc) is 3.43. The number of carbonyl (C=O) groups is 2. The number of nitrogens with one attached hydrogen (secondary N) is 1. The van der Waals surface area contributed by atoms with E-state index in [1.807, 2.05) is 67.8 Å². The molecule has 0 bridgehead atoms. The molecule has 2 unspecified atom stereocenters. The van der Waals surface area contributed by atoms with Crippen LogP contribution in [0, 0.1) is 12.8 Å². The van der Waals surface area contributed by atoms with Crippen LogP contribution in [0.4, 0.5) is 4.79 Å². The minimum atomic E-state index is -0.961. The third kappa shape index (κ3) is 9.70. The molecule has 4 rings (SSSR count). The second-order valence-electron chi connectivity index (χ2n) is 12.1. The fraction of sp³-hybridized carbons (Fsp3) is 0.459. The molecule has 0 aliphatic heterocycles. The Morgan fingerprint density at radius 1 is 1.12 bits per heavy atom. The Kier molecular flexibility index (Phi) is 13.8. The molecule has 0 amide bonds. The second kappa shape index (κ2) is 18.2. The molecule has 264 valence electrons. The Morgan fingerprint density at radius 2 is 1.86 bits per heavy atom. The van der Waals surface area contributed by atoms with Crippen molar-refractivity contribution in [2.75, 3.05) is 13.2 Å². The van der Waals surface area contributed by atoms with Gasteiger partial charge in [-0.2, -0.15) is 10.1 Å². The number of ketones is 1. The quantitative estimate of drug-likeness (QED) is 0.0235. The molecule has 1 aromatic heterocycles. The van der Waals surface area contributed by atoms with Crippen molar-refractivity contribution in [1.82, 2.24) is 15.0 Å².